The zero-order valence-corrected chi connectivity index (χ0v) is 12.6. The van der Waals surface area contributed by atoms with Gasteiger partial charge in [0.1, 0.15) is 17.7 Å². The van der Waals surface area contributed by atoms with E-state index in [0.29, 0.717) is 17.5 Å². The zero-order chi connectivity index (χ0) is 15.8. The Hall–Kier alpha value is -2.08. The summed E-state index contributed by atoms with van der Waals surface area (Å²) >= 11 is 0. The van der Waals surface area contributed by atoms with E-state index in [1.54, 1.807) is 0 Å². The lowest BCUT2D eigenvalue weighted by molar-refractivity contribution is -0.0123. The van der Waals surface area contributed by atoms with Gasteiger partial charge in [-0.25, -0.2) is 18.7 Å². The van der Waals surface area contributed by atoms with Gasteiger partial charge >= 0.3 is 6.01 Å². The van der Waals surface area contributed by atoms with Crippen molar-refractivity contribution in [2.45, 2.75) is 18.9 Å². The van der Waals surface area contributed by atoms with E-state index in [-0.39, 0.29) is 11.7 Å². The molecule has 2 aromatic rings. The lowest BCUT2D eigenvalue weighted by Gasteiger charge is -2.43. The molecular weight excluding hydrogens is 300 g/mol. The third kappa shape index (κ3) is 2.91. The van der Waals surface area contributed by atoms with E-state index in [0.717, 1.165) is 50.7 Å². The summed E-state index contributed by atoms with van der Waals surface area (Å²) in [6.07, 6.45) is 5.37. The van der Waals surface area contributed by atoms with Gasteiger partial charge in [0.05, 0.1) is 0 Å². The van der Waals surface area contributed by atoms with E-state index >= 15 is 0 Å². The van der Waals surface area contributed by atoms with Crippen LogP contribution < -0.4 is 4.74 Å². The quantitative estimate of drug-likeness (QED) is 0.872. The summed E-state index contributed by atoms with van der Waals surface area (Å²) < 4.78 is 32.9. The monoisotopic (exact) mass is 317 g/mol. The van der Waals surface area contributed by atoms with E-state index in [1.807, 2.05) is 0 Å². The number of benzene rings is 1. The molecule has 3 aliphatic heterocycles. The highest BCUT2D eigenvalue weighted by Gasteiger charge is 2.35. The molecule has 4 nitrogen and oxygen atoms in total. The molecule has 1 aromatic carbocycles. The Balaban J connectivity index is 1.51. The number of aromatic nitrogens is 2. The summed E-state index contributed by atoms with van der Waals surface area (Å²) in [6.45, 7) is 3.20. The van der Waals surface area contributed by atoms with Gasteiger partial charge in [0, 0.05) is 30.1 Å². The maximum absolute atomic E-state index is 13.8. The topological polar surface area (TPSA) is 38.2 Å². The van der Waals surface area contributed by atoms with Crippen LogP contribution >= 0.6 is 0 Å². The van der Waals surface area contributed by atoms with Crippen LogP contribution in [0.2, 0.25) is 0 Å². The fraction of sp³-hybridized carbons (Fsp3) is 0.412. The summed E-state index contributed by atoms with van der Waals surface area (Å²) in [5.41, 5.74) is 0.586. The Morgan fingerprint density at radius 2 is 1.83 bits per heavy atom. The van der Waals surface area contributed by atoms with Gasteiger partial charge in [0.2, 0.25) is 0 Å². The Bertz CT molecular complexity index is 699. The molecule has 3 saturated heterocycles. The molecule has 120 valence electrons. The second-order valence-electron chi connectivity index (χ2n) is 6.17. The minimum absolute atomic E-state index is 0.120. The van der Waals surface area contributed by atoms with Crippen LogP contribution in [0.4, 0.5) is 8.78 Å². The first-order valence-corrected chi connectivity index (χ1v) is 7.85. The first kappa shape index (κ1) is 14.5. The van der Waals surface area contributed by atoms with Gasteiger partial charge < -0.3 is 4.74 Å². The second-order valence-corrected chi connectivity index (χ2v) is 6.17. The Morgan fingerprint density at radius 1 is 1.09 bits per heavy atom. The number of nitrogens with zero attached hydrogens (tertiary/aromatic N) is 3. The number of ether oxygens (including phenoxy) is 1. The van der Waals surface area contributed by atoms with Crippen molar-refractivity contribution in [1.82, 2.24) is 14.9 Å². The predicted octanol–water partition coefficient (Wildman–Crippen LogP) is 2.89. The van der Waals surface area contributed by atoms with Gasteiger partial charge in [-0.1, -0.05) is 0 Å². The van der Waals surface area contributed by atoms with E-state index in [4.69, 9.17) is 4.74 Å². The summed E-state index contributed by atoms with van der Waals surface area (Å²) in [6, 6.07) is 3.62. The average molecular weight is 317 g/mol. The fourth-order valence-electron chi connectivity index (χ4n) is 3.41. The Morgan fingerprint density at radius 3 is 2.48 bits per heavy atom. The maximum Gasteiger partial charge on any atom is 0.316 e. The highest BCUT2D eigenvalue weighted by atomic mass is 19.1. The van der Waals surface area contributed by atoms with Crippen LogP contribution in [0.1, 0.15) is 12.8 Å². The summed E-state index contributed by atoms with van der Waals surface area (Å²) in [4.78, 5) is 10.7. The van der Waals surface area contributed by atoms with E-state index in [9.17, 15) is 8.78 Å². The fourth-order valence-corrected chi connectivity index (χ4v) is 3.41. The molecule has 4 heterocycles. The van der Waals surface area contributed by atoms with Crippen molar-refractivity contribution in [2.75, 3.05) is 19.6 Å². The molecule has 2 bridgehead atoms. The average Bonchev–Trinajstić information content (AvgIpc) is 2.59. The Labute approximate surface area is 133 Å². The largest absolute Gasteiger partial charge is 0.458 e. The third-order valence-electron chi connectivity index (χ3n) is 4.72. The van der Waals surface area contributed by atoms with Crippen molar-refractivity contribution in [1.29, 1.82) is 0 Å². The summed E-state index contributed by atoms with van der Waals surface area (Å²) in [5, 5.41) is 0. The molecule has 1 atom stereocenters. The van der Waals surface area contributed by atoms with Crippen LogP contribution in [0.3, 0.4) is 0 Å². The first-order valence-electron chi connectivity index (χ1n) is 7.85. The zero-order valence-electron chi connectivity index (χ0n) is 12.6. The van der Waals surface area contributed by atoms with Gasteiger partial charge in [-0.05, 0) is 50.0 Å². The highest BCUT2D eigenvalue weighted by Crippen LogP contribution is 2.30. The molecule has 1 unspecified atom stereocenters. The number of piperidine rings is 3. The SMILES string of the molecule is Fc1ccc(F)c(-c2cnc(OC3CN4CCC3CC4)nc2)c1. The van der Waals surface area contributed by atoms with Gasteiger partial charge in [0.25, 0.3) is 0 Å². The van der Waals surface area contributed by atoms with Crippen LogP contribution in [-0.4, -0.2) is 40.6 Å². The molecule has 3 fully saturated rings. The molecule has 0 amide bonds. The smallest absolute Gasteiger partial charge is 0.316 e. The van der Waals surface area contributed by atoms with Crippen LogP contribution in [0, 0.1) is 17.6 Å². The third-order valence-corrected chi connectivity index (χ3v) is 4.72. The van der Waals surface area contributed by atoms with Gasteiger partial charge in [-0.15, -0.1) is 0 Å². The van der Waals surface area contributed by atoms with Crippen LogP contribution in [-0.2, 0) is 0 Å². The van der Waals surface area contributed by atoms with Crippen molar-refractivity contribution in [2.24, 2.45) is 5.92 Å². The van der Waals surface area contributed by atoms with E-state index < -0.39 is 11.6 Å². The molecule has 0 aliphatic carbocycles. The summed E-state index contributed by atoms with van der Waals surface area (Å²) in [7, 11) is 0. The van der Waals surface area contributed by atoms with Crippen molar-refractivity contribution < 1.29 is 13.5 Å². The molecule has 3 aliphatic rings. The minimum Gasteiger partial charge on any atom is -0.458 e. The second kappa shape index (κ2) is 5.85. The van der Waals surface area contributed by atoms with Gasteiger partial charge in [0.15, 0.2) is 0 Å². The van der Waals surface area contributed by atoms with Crippen molar-refractivity contribution >= 4 is 0 Å². The van der Waals surface area contributed by atoms with Crippen LogP contribution in [0.15, 0.2) is 30.6 Å². The lowest BCUT2D eigenvalue weighted by atomic mass is 9.86. The standard InChI is InChI=1S/C17H17F2N3O/c18-13-1-2-15(19)14(7-13)12-8-20-17(21-9-12)23-16-10-22-5-3-11(16)4-6-22/h1-2,7-9,11,16H,3-6,10H2. The number of halogens is 2. The van der Waals surface area contributed by atoms with Crippen molar-refractivity contribution in [3.63, 3.8) is 0 Å². The molecule has 0 spiro atoms. The number of rotatable bonds is 3. The van der Waals surface area contributed by atoms with Crippen LogP contribution in [0.25, 0.3) is 11.1 Å². The van der Waals surface area contributed by atoms with E-state index in [1.165, 1.54) is 12.4 Å². The molecule has 23 heavy (non-hydrogen) atoms. The van der Waals surface area contributed by atoms with Crippen molar-refractivity contribution in [3.05, 3.63) is 42.2 Å². The molecule has 0 radical (unpaired) electrons. The molecule has 0 saturated carbocycles. The maximum atomic E-state index is 13.8. The van der Waals surface area contributed by atoms with Crippen molar-refractivity contribution in [3.8, 4) is 17.1 Å². The molecule has 0 N–H and O–H groups in total. The molecule has 1 aromatic heterocycles. The number of fused-ring (bicyclic) bond motifs is 3. The Kier molecular flexibility index (Phi) is 3.69. The highest BCUT2D eigenvalue weighted by molar-refractivity contribution is 5.62. The number of hydrogen-bond acceptors (Lipinski definition) is 4. The first-order chi connectivity index (χ1) is 11.2. The predicted molar refractivity (Wildman–Crippen MR) is 81.0 cm³/mol. The molecular formula is C17H17F2N3O. The molecule has 5 rings (SSSR count). The summed E-state index contributed by atoms with van der Waals surface area (Å²) in [5.74, 6) is -0.431. The van der Waals surface area contributed by atoms with Gasteiger partial charge in [-0.2, -0.15) is 0 Å². The minimum atomic E-state index is -0.499. The molecule has 6 heteroatoms. The number of hydrogen-bond donors (Lipinski definition) is 0. The lowest BCUT2D eigenvalue weighted by Crippen LogP contribution is -2.52. The normalized spacial score (nSPS) is 26.3. The van der Waals surface area contributed by atoms with Gasteiger partial charge in [-0.3, -0.25) is 4.90 Å². The van der Waals surface area contributed by atoms with Crippen LogP contribution in [0.5, 0.6) is 6.01 Å². The van der Waals surface area contributed by atoms with E-state index in [2.05, 4.69) is 14.9 Å².